The third kappa shape index (κ3) is 3.97. The molecule has 1 atom stereocenters. The number of hydrogen-bond donors (Lipinski definition) is 2. The first kappa shape index (κ1) is 13.8. The van der Waals surface area contributed by atoms with E-state index in [-0.39, 0.29) is 6.10 Å². The number of nitrogens with one attached hydrogen (secondary N) is 1. The van der Waals surface area contributed by atoms with Crippen molar-refractivity contribution in [1.29, 1.82) is 0 Å². The van der Waals surface area contributed by atoms with Crippen molar-refractivity contribution >= 4 is 21.6 Å². The van der Waals surface area contributed by atoms with Gasteiger partial charge in [0, 0.05) is 23.2 Å². The van der Waals surface area contributed by atoms with Crippen molar-refractivity contribution in [3.63, 3.8) is 0 Å². The molecule has 1 unspecified atom stereocenters. The molecular weight excluding hydrogens is 292 g/mol. The topological polar surface area (TPSA) is 35.5 Å². The van der Waals surface area contributed by atoms with Crippen molar-refractivity contribution < 1.29 is 5.11 Å². The third-order valence-electron chi connectivity index (χ3n) is 3.38. The summed E-state index contributed by atoms with van der Waals surface area (Å²) in [5.41, 5.74) is 2.29. The van der Waals surface area contributed by atoms with Crippen LogP contribution in [0.1, 0.15) is 18.4 Å². The van der Waals surface area contributed by atoms with E-state index in [2.05, 4.69) is 39.1 Å². The second-order valence-corrected chi connectivity index (χ2v) is 5.92. The maximum Gasteiger partial charge on any atom is 0.0839 e. The molecule has 2 N–H and O–H groups in total. The summed E-state index contributed by atoms with van der Waals surface area (Å²) in [7, 11) is 0. The van der Waals surface area contributed by atoms with Gasteiger partial charge in [-0.25, -0.2) is 0 Å². The first-order chi connectivity index (χ1) is 8.65. The second kappa shape index (κ2) is 6.55. The highest BCUT2D eigenvalue weighted by Crippen LogP contribution is 2.20. The average molecular weight is 313 g/mol. The quantitative estimate of drug-likeness (QED) is 0.877. The van der Waals surface area contributed by atoms with Crippen LogP contribution in [0.15, 0.2) is 22.7 Å². The fourth-order valence-corrected chi connectivity index (χ4v) is 2.86. The van der Waals surface area contributed by atoms with Crippen LogP contribution < -0.4 is 5.32 Å². The Morgan fingerprint density at radius 2 is 2.11 bits per heavy atom. The van der Waals surface area contributed by atoms with Crippen LogP contribution in [-0.2, 0) is 0 Å². The molecule has 0 spiro atoms. The number of anilines is 1. The largest absolute Gasteiger partial charge is 0.390 e. The van der Waals surface area contributed by atoms with Crippen LogP contribution in [-0.4, -0.2) is 42.3 Å². The molecule has 18 heavy (non-hydrogen) atoms. The summed E-state index contributed by atoms with van der Waals surface area (Å²) >= 11 is 3.45. The van der Waals surface area contributed by atoms with E-state index in [4.69, 9.17) is 0 Å². The Kier molecular flexibility index (Phi) is 5.03. The van der Waals surface area contributed by atoms with Crippen molar-refractivity contribution in [1.82, 2.24) is 4.90 Å². The van der Waals surface area contributed by atoms with Gasteiger partial charge in [0.15, 0.2) is 0 Å². The lowest BCUT2D eigenvalue weighted by atomic mass is 10.2. The molecule has 1 heterocycles. The highest BCUT2D eigenvalue weighted by atomic mass is 79.9. The van der Waals surface area contributed by atoms with Gasteiger partial charge in [-0.15, -0.1) is 0 Å². The minimum atomic E-state index is -0.300. The molecule has 3 nitrogen and oxygen atoms in total. The predicted octanol–water partition coefficient (Wildman–Crippen LogP) is 2.63. The standard InChI is InChI=1S/C14H21BrN2O/c1-11-8-12(15)4-5-14(11)16-9-13(18)10-17-6-2-3-7-17/h4-5,8,13,16,18H,2-3,6-7,9-10H2,1H3. The Morgan fingerprint density at radius 1 is 1.39 bits per heavy atom. The Labute approximate surface area is 117 Å². The van der Waals surface area contributed by atoms with E-state index in [1.807, 2.05) is 12.1 Å². The predicted molar refractivity (Wildman–Crippen MR) is 79.0 cm³/mol. The number of halogens is 1. The Morgan fingerprint density at radius 3 is 2.78 bits per heavy atom. The molecule has 1 fully saturated rings. The maximum absolute atomic E-state index is 10.0. The minimum Gasteiger partial charge on any atom is -0.390 e. The number of nitrogens with zero attached hydrogens (tertiary/aromatic N) is 1. The van der Waals surface area contributed by atoms with Gasteiger partial charge in [-0.05, 0) is 56.6 Å². The molecule has 1 aromatic carbocycles. The van der Waals surface area contributed by atoms with Gasteiger partial charge in [0.25, 0.3) is 0 Å². The Bertz CT molecular complexity index is 391. The van der Waals surface area contributed by atoms with Crippen molar-refractivity contribution in [2.45, 2.75) is 25.9 Å². The van der Waals surface area contributed by atoms with E-state index in [0.717, 1.165) is 29.8 Å². The van der Waals surface area contributed by atoms with Gasteiger partial charge >= 0.3 is 0 Å². The molecule has 1 aliphatic rings. The smallest absolute Gasteiger partial charge is 0.0839 e. The second-order valence-electron chi connectivity index (χ2n) is 5.00. The summed E-state index contributed by atoms with van der Waals surface area (Å²) in [4.78, 5) is 2.33. The van der Waals surface area contributed by atoms with Gasteiger partial charge in [-0.3, -0.25) is 0 Å². The number of aliphatic hydroxyl groups excluding tert-OH is 1. The zero-order valence-corrected chi connectivity index (χ0v) is 12.4. The van der Waals surface area contributed by atoms with E-state index in [9.17, 15) is 5.11 Å². The lowest BCUT2D eigenvalue weighted by Gasteiger charge is -2.20. The average Bonchev–Trinajstić information content (AvgIpc) is 2.80. The third-order valence-corrected chi connectivity index (χ3v) is 3.88. The number of rotatable bonds is 5. The number of aryl methyl sites for hydroxylation is 1. The Balaban J connectivity index is 1.79. The molecule has 1 aromatic rings. The zero-order valence-electron chi connectivity index (χ0n) is 10.8. The fourth-order valence-electron chi connectivity index (χ4n) is 2.38. The van der Waals surface area contributed by atoms with Crippen LogP contribution >= 0.6 is 15.9 Å². The first-order valence-corrected chi connectivity index (χ1v) is 7.35. The summed E-state index contributed by atoms with van der Waals surface area (Å²) in [6.45, 7) is 5.73. The van der Waals surface area contributed by atoms with Crippen LogP contribution in [0.5, 0.6) is 0 Å². The lowest BCUT2D eigenvalue weighted by molar-refractivity contribution is 0.135. The molecule has 0 amide bonds. The van der Waals surface area contributed by atoms with Gasteiger partial charge in [0.1, 0.15) is 0 Å². The number of hydrogen-bond acceptors (Lipinski definition) is 3. The van der Waals surface area contributed by atoms with Gasteiger partial charge < -0.3 is 15.3 Å². The molecule has 0 aromatic heterocycles. The molecule has 0 saturated carbocycles. The molecular formula is C14H21BrN2O. The molecule has 100 valence electrons. The number of β-amino-alcohol motifs (C(OH)–C–C–N with tert-alkyl or cyclic N) is 1. The fraction of sp³-hybridized carbons (Fsp3) is 0.571. The molecule has 1 saturated heterocycles. The number of likely N-dealkylation sites (tertiary alicyclic amines) is 1. The lowest BCUT2D eigenvalue weighted by Crippen LogP contribution is -2.34. The van der Waals surface area contributed by atoms with Crippen molar-refractivity contribution in [3.05, 3.63) is 28.2 Å². The summed E-state index contributed by atoms with van der Waals surface area (Å²) < 4.78 is 1.09. The Hall–Kier alpha value is -0.580. The first-order valence-electron chi connectivity index (χ1n) is 6.55. The molecule has 4 heteroatoms. The summed E-state index contributed by atoms with van der Waals surface area (Å²) in [5, 5.41) is 13.3. The van der Waals surface area contributed by atoms with E-state index < -0.39 is 0 Å². The van der Waals surface area contributed by atoms with Crippen LogP contribution in [0.25, 0.3) is 0 Å². The van der Waals surface area contributed by atoms with Crippen molar-refractivity contribution in [2.24, 2.45) is 0 Å². The minimum absolute atomic E-state index is 0.300. The van der Waals surface area contributed by atoms with Crippen molar-refractivity contribution in [3.8, 4) is 0 Å². The summed E-state index contributed by atoms with van der Waals surface area (Å²) in [6.07, 6.45) is 2.24. The van der Waals surface area contributed by atoms with E-state index in [0.29, 0.717) is 6.54 Å². The van der Waals surface area contributed by atoms with Crippen LogP contribution in [0.2, 0.25) is 0 Å². The van der Waals surface area contributed by atoms with E-state index in [1.165, 1.54) is 18.4 Å². The molecule has 2 rings (SSSR count). The maximum atomic E-state index is 10.0. The van der Waals surface area contributed by atoms with E-state index in [1.54, 1.807) is 0 Å². The highest BCUT2D eigenvalue weighted by Gasteiger charge is 2.15. The zero-order chi connectivity index (χ0) is 13.0. The van der Waals surface area contributed by atoms with E-state index >= 15 is 0 Å². The van der Waals surface area contributed by atoms with Gasteiger partial charge in [0.05, 0.1) is 6.10 Å². The van der Waals surface area contributed by atoms with Crippen LogP contribution in [0.3, 0.4) is 0 Å². The number of aliphatic hydroxyl groups is 1. The molecule has 0 aliphatic carbocycles. The summed E-state index contributed by atoms with van der Waals surface area (Å²) in [5.74, 6) is 0. The molecule has 0 bridgehead atoms. The normalized spacial score (nSPS) is 17.9. The van der Waals surface area contributed by atoms with Crippen molar-refractivity contribution in [2.75, 3.05) is 31.5 Å². The van der Waals surface area contributed by atoms with Gasteiger partial charge in [-0.2, -0.15) is 0 Å². The van der Waals surface area contributed by atoms with Crippen LogP contribution in [0, 0.1) is 6.92 Å². The SMILES string of the molecule is Cc1cc(Br)ccc1NCC(O)CN1CCCC1. The highest BCUT2D eigenvalue weighted by molar-refractivity contribution is 9.10. The molecule has 0 radical (unpaired) electrons. The summed E-state index contributed by atoms with van der Waals surface area (Å²) in [6, 6.07) is 6.14. The van der Waals surface area contributed by atoms with Gasteiger partial charge in [0.2, 0.25) is 0 Å². The monoisotopic (exact) mass is 312 g/mol. The number of benzene rings is 1. The van der Waals surface area contributed by atoms with Crippen LogP contribution in [0.4, 0.5) is 5.69 Å². The molecule has 1 aliphatic heterocycles. The van der Waals surface area contributed by atoms with Gasteiger partial charge in [-0.1, -0.05) is 15.9 Å².